The minimum absolute atomic E-state index is 0.0343. The maximum atomic E-state index is 12.2. The van der Waals surface area contributed by atoms with Crippen molar-refractivity contribution in [2.24, 2.45) is 0 Å². The van der Waals surface area contributed by atoms with E-state index >= 15 is 0 Å². The molecule has 0 fully saturated rings. The number of aldehydes is 1. The number of alkyl halides is 2. The Balaban J connectivity index is 3.04. The third-order valence-electron chi connectivity index (χ3n) is 2.14. The molecule has 104 valence electrons. The van der Waals surface area contributed by atoms with E-state index in [0.29, 0.717) is 11.8 Å². The fraction of sp³-hybridized carbons (Fsp3) is 0.333. The highest BCUT2D eigenvalue weighted by atomic mass is 79.9. The van der Waals surface area contributed by atoms with Gasteiger partial charge in [-0.25, -0.2) is 0 Å². The molecule has 0 unspecified atom stereocenters. The zero-order valence-electron chi connectivity index (χ0n) is 9.99. The molecule has 0 aliphatic carbocycles. The molecule has 0 aliphatic heterocycles. The average molecular weight is 337 g/mol. The molecule has 0 aromatic heterocycles. The van der Waals surface area contributed by atoms with Crippen molar-refractivity contribution in [2.45, 2.75) is 20.0 Å². The molecule has 1 rings (SSSR count). The predicted octanol–water partition coefficient (Wildman–Crippen LogP) is 2.97. The summed E-state index contributed by atoms with van der Waals surface area (Å²) in [5, 5.41) is 0. The lowest BCUT2D eigenvalue weighted by molar-refractivity contribution is -0.142. The lowest BCUT2D eigenvalue weighted by Crippen LogP contribution is -2.09. The monoisotopic (exact) mass is 336 g/mol. The van der Waals surface area contributed by atoms with Gasteiger partial charge >= 0.3 is 12.6 Å². The molecular weight excluding hydrogens is 326 g/mol. The number of hydrogen-bond acceptors (Lipinski definition) is 4. The summed E-state index contributed by atoms with van der Waals surface area (Å²) in [6, 6.07) is 2.70. The van der Waals surface area contributed by atoms with Gasteiger partial charge in [0.15, 0.2) is 6.29 Å². The zero-order valence-corrected chi connectivity index (χ0v) is 11.6. The first-order chi connectivity index (χ1) is 8.97. The largest absolute Gasteiger partial charge is 0.466 e. The highest BCUT2D eigenvalue weighted by Gasteiger charge is 2.15. The normalized spacial score (nSPS) is 10.4. The summed E-state index contributed by atoms with van der Waals surface area (Å²) in [6.07, 6.45) is 0.307. The maximum absolute atomic E-state index is 12.2. The van der Waals surface area contributed by atoms with Gasteiger partial charge in [-0.15, -0.1) is 0 Å². The van der Waals surface area contributed by atoms with Crippen molar-refractivity contribution in [3.05, 3.63) is 27.7 Å². The Morgan fingerprint density at radius 2 is 2.16 bits per heavy atom. The molecule has 1 aromatic carbocycles. The standard InChI is InChI=1S/C12H11BrF2O4/c1-2-18-11(17)5-7-3-9(13)8(6-16)10(4-7)19-12(14)15/h3-4,6,12H,2,5H2,1H3. The second-order valence-electron chi connectivity index (χ2n) is 3.47. The Morgan fingerprint density at radius 1 is 1.47 bits per heavy atom. The van der Waals surface area contributed by atoms with Crippen LogP contribution in [0.25, 0.3) is 0 Å². The molecular formula is C12H11BrF2O4. The molecule has 0 heterocycles. The Kier molecular flexibility index (Phi) is 5.88. The summed E-state index contributed by atoms with van der Waals surface area (Å²) in [6.45, 7) is -1.16. The predicted molar refractivity (Wildman–Crippen MR) is 66.5 cm³/mol. The Bertz CT molecular complexity index is 477. The summed E-state index contributed by atoms with van der Waals surface area (Å²) in [7, 11) is 0. The van der Waals surface area contributed by atoms with Crippen molar-refractivity contribution >= 4 is 28.2 Å². The Morgan fingerprint density at radius 3 is 2.68 bits per heavy atom. The molecule has 0 aliphatic rings. The van der Waals surface area contributed by atoms with Crippen molar-refractivity contribution in [3.8, 4) is 5.75 Å². The van der Waals surface area contributed by atoms with Gasteiger partial charge in [0.25, 0.3) is 0 Å². The van der Waals surface area contributed by atoms with Crippen LogP contribution in [0.1, 0.15) is 22.8 Å². The second-order valence-corrected chi connectivity index (χ2v) is 4.32. The van der Waals surface area contributed by atoms with Crippen LogP contribution >= 0.6 is 15.9 Å². The highest BCUT2D eigenvalue weighted by Crippen LogP contribution is 2.29. The van der Waals surface area contributed by atoms with Gasteiger partial charge < -0.3 is 9.47 Å². The first-order valence-electron chi connectivity index (χ1n) is 5.36. The van der Waals surface area contributed by atoms with Crippen LogP contribution in [0.3, 0.4) is 0 Å². The molecule has 0 radical (unpaired) electrons. The average Bonchev–Trinajstić information content (AvgIpc) is 2.27. The molecule has 0 saturated carbocycles. The summed E-state index contributed by atoms with van der Waals surface area (Å²) in [5.74, 6) is -0.769. The van der Waals surface area contributed by atoms with Crippen LogP contribution in [0.5, 0.6) is 5.75 Å². The fourth-order valence-electron chi connectivity index (χ4n) is 1.43. The zero-order chi connectivity index (χ0) is 14.4. The second kappa shape index (κ2) is 7.18. The van der Waals surface area contributed by atoms with Gasteiger partial charge in [0.2, 0.25) is 0 Å². The number of hydrogen-bond donors (Lipinski definition) is 0. The van der Waals surface area contributed by atoms with Crippen LogP contribution in [0.2, 0.25) is 0 Å². The number of ether oxygens (including phenoxy) is 2. The van der Waals surface area contributed by atoms with Crippen molar-refractivity contribution in [2.75, 3.05) is 6.61 Å². The number of benzene rings is 1. The van der Waals surface area contributed by atoms with Gasteiger partial charge in [-0.2, -0.15) is 8.78 Å². The van der Waals surface area contributed by atoms with Crippen molar-refractivity contribution < 1.29 is 27.8 Å². The number of esters is 1. The van der Waals surface area contributed by atoms with Crippen LogP contribution in [-0.2, 0) is 16.0 Å². The molecule has 19 heavy (non-hydrogen) atoms. The van der Waals surface area contributed by atoms with Crippen LogP contribution in [0.15, 0.2) is 16.6 Å². The summed E-state index contributed by atoms with van der Waals surface area (Å²) in [5.41, 5.74) is 0.375. The van der Waals surface area contributed by atoms with E-state index in [9.17, 15) is 18.4 Å². The van der Waals surface area contributed by atoms with E-state index in [1.807, 2.05) is 0 Å². The lowest BCUT2D eigenvalue weighted by atomic mass is 10.1. The molecule has 0 N–H and O–H groups in total. The van der Waals surface area contributed by atoms with E-state index in [1.54, 1.807) is 6.92 Å². The SMILES string of the molecule is CCOC(=O)Cc1cc(Br)c(C=O)c(OC(F)F)c1. The maximum Gasteiger partial charge on any atom is 0.387 e. The topological polar surface area (TPSA) is 52.6 Å². The summed E-state index contributed by atoms with van der Waals surface area (Å²) >= 11 is 3.07. The van der Waals surface area contributed by atoms with Crippen LogP contribution in [0.4, 0.5) is 8.78 Å². The first-order valence-corrected chi connectivity index (χ1v) is 6.15. The molecule has 0 atom stereocenters. The third kappa shape index (κ3) is 4.59. The minimum atomic E-state index is -3.05. The van der Waals surface area contributed by atoms with E-state index in [0.717, 1.165) is 0 Å². The Labute approximate surface area is 116 Å². The quantitative estimate of drug-likeness (QED) is 0.592. The number of rotatable bonds is 6. The molecule has 1 aromatic rings. The number of carbonyl (C=O) groups is 2. The highest BCUT2D eigenvalue weighted by molar-refractivity contribution is 9.10. The van der Waals surface area contributed by atoms with Crippen LogP contribution < -0.4 is 4.74 Å². The number of halogens is 3. The van der Waals surface area contributed by atoms with E-state index in [-0.39, 0.29) is 28.8 Å². The molecule has 0 amide bonds. The van der Waals surface area contributed by atoms with Gasteiger partial charge in [0.05, 0.1) is 18.6 Å². The number of carbonyl (C=O) groups excluding carboxylic acids is 2. The van der Waals surface area contributed by atoms with E-state index in [2.05, 4.69) is 20.7 Å². The van der Waals surface area contributed by atoms with Gasteiger partial charge in [-0.05, 0) is 40.5 Å². The Hall–Kier alpha value is -1.50. The van der Waals surface area contributed by atoms with E-state index in [1.165, 1.54) is 12.1 Å². The van der Waals surface area contributed by atoms with Gasteiger partial charge in [0, 0.05) is 4.47 Å². The molecule has 0 saturated heterocycles. The van der Waals surface area contributed by atoms with Crippen molar-refractivity contribution in [3.63, 3.8) is 0 Å². The lowest BCUT2D eigenvalue weighted by Gasteiger charge is -2.11. The minimum Gasteiger partial charge on any atom is -0.466 e. The van der Waals surface area contributed by atoms with Crippen LogP contribution in [-0.4, -0.2) is 25.5 Å². The summed E-state index contributed by atoms with van der Waals surface area (Å²) < 4.78 is 33.8. The van der Waals surface area contributed by atoms with Crippen molar-refractivity contribution in [1.29, 1.82) is 0 Å². The van der Waals surface area contributed by atoms with Crippen molar-refractivity contribution in [1.82, 2.24) is 0 Å². The molecule has 4 nitrogen and oxygen atoms in total. The third-order valence-corrected chi connectivity index (χ3v) is 2.80. The van der Waals surface area contributed by atoms with Crippen LogP contribution in [0, 0.1) is 0 Å². The van der Waals surface area contributed by atoms with Gasteiger partial charge in [-0.1, -0.05) is 0 Å². The van der Waals surface area contributed by atoms with Gasteiger partial charge in [0.1, 0.15) is 5.75 Å². The smallest absolute Gasteiger partial charge is 0.387 e. The first kappa shape index (κ1) is 15.6. The van der Waals surface area contributed by atoms with Gasteiger partial charge in [-0.3, -0.25) is 9.59 Å². The molecule has 7 heteroatoms. The fourth-order valence-corrected chi connectivity index (χ4v) is 2.02. The molecule has 0 bridgehead atoms. The van der Waals surface area contributed by atoms with E-state index < -0.39 is 12.6 Å². The summed E-state index contributed by atoms with van der Waals surface area (Å²) in [4.78, 5) is 22.1. The molecule has 0 spiro atoms. The van der Waals surface area contributed by atoms with E-state index in [4.69, 9.17) is 4.74 Å².